The fourth-order valence-electron chi connectivity index (χ4n) is 7.00. The minimum Gasteiger partial charge on any atom is -0.390 e. The number of alkyl halides is 2. The zero-order valence-corrected chi connectivity index (χ0v) is 17.0. The molecule has 0 radical (unpaired) electrons. The molecule has 4 aliphatic carbocycles. The van der Waals surface area contributed by atoms with Gasteiger partial charge in [0.15, 0.2) is 11.5 Å². The summed E-state index contributed by atoms with van der Waals surface area (Å²) in [5, 5.41) is 21.6. The number of thiol groups is 1. The van der Waals surface area contributed by atoms with E-state index in [0.29, 0.717) is 6.42 Å². The Morgan fingerprint density at radius 3 is 2.54 bits per heavy atom. The van der Waals surface area contributed by atoms with E-state index in [-0.39, 0.29) is 18.4 Å². The zero-order valence-electron chi connectivity index (χ0n) is 16.2. The Balaban J connectivity index is 1.88. The van der Waals surface area contributed by atoms with Crippen molar-refractivity contribution >= 4 is 23.5 Å². The van der Waals surface area contributed by atoms with Gasteiger partial charge in [0.1, 0.15) is 11.8 Å². The second-order valence-electron chi connectivity index (χ2n) is 9.57. The van der Waals surface area contributed by atoms with E-state index in [2.05, 4.69) is 12.6 Å². The van der Waals surface area contributed by atoms with E-state index < -0.39 is 63.0 Å². The van der Waals surface area contributed by atoms with Crippen molar-refractivity contribution in [1.29, 1.82) is 0 Å². The molecule has 0 amide bonds. The molecule has 0 bridgehead atoms. The van der Waals surface area contributed by atoms with E-state index in [4.69, 9.17) is 0 Å². The maximum atomic E-state index is 16.8. The van der Waals surface area contributed by atoms with Gasteiger partial charge < -0.3 is 10.2 Å². The van der Waals surface area contributed by atoms with Crippen molar-refractivity contribution in [2.75, 3.05) is 0 Å². The van der Waals surface area contributed by atoms with Gasteiger partial charge in [-0.15, -0.1) is 12.6 Å². The van der Waals surface area contributed by atoms with Gasteiger partial charge in [-0.25, -0.2) is 8.78 Å². The summed E-state index contributed by atoms with van der Waals surface area (Å²) >= 11 is 3.90. The zero-order chi connectivity index (χ0) is 20.9. The second-order valence-corrected chi connectivity index (χ2v) is 9.97. The van der Waals surface area contributed by atoms with Crippen LogP contribution in [-0.4, -0.2) is 44.7 Å². The summed E-state index contributed by atoms with van der Waals surface area (Å²) in [7, 11) is 0. The molecule has 0 saturated heterocycles. The fraction of sp³-hybridized carbons (Fsp3) is 0.714. The molecule has 3 fully saturated rings. The Kier molecular flexibility index (Phi) is 4.16. The molecule has 154 valence electrons. The van der Waals surface area contributed by atoms with Crippen LogP contribution in [0, 0.1) is 28.6 Å². The van der Waals surface area contributed by atoms with E-state index in [1.807, 2.05) is 0 Å². The second kappa shape index (κ2) is 5.76. The molecule has 0 aromatic rings. The standard InChI is InChI=1S/C21H26F2O4S/c1-10-6-12-13-8-15(22)14-7-11(24)4-5-18(14,2)20(13,23)16(25)9-19(12,3)21(10,27)17(26)28/h4-5,7,10,12-13,15-16,25,27H,6,8-9H2,1-3H3,(H,26,28)/t10-,12?,13?,15+,16?,18?,19+,20+,21+/m1/s1. The van der Waals surface area contributed by atoms with Crippen molar-refractivity contribution in [2.24, 2.45) is 28.6 Å². The highest BCUT2D eigenvalue weighted by Gasteiger charge is 2.76. The predicted octanol–water partition coefficient (Wildman–Crippen LogP) is 2.74. The Morgan fingerprint density at radius 2 is 1.93 bits per heavy atom. The molecule has 4 nitrogen and oxygen atoms in total. The fourth-order valence-corrected chi connectivity index (χ4v) is 7.47. The molecule has 0 spiro atoms. The van der Waals surface area contributed by atoms with Crippen molar-refractivity contribution < 1.29 is 28.6 Å². The van der Waals surface area contributed by atoms with Crippen molar-refractivity contribution in [1.82, 2.24) is 0 Å². The Bertz CT molecular complexity index is 827. The SMILES string of the molecule is C[C@@H]1CC2C3C[C@H](F)C4=CC(=O)C=CC4(C)[C@@]3(F)C(O)C[C@]2(C)[C@@]1(O)C(=O)S. The van der Waals surface area contributed by atoms with Gasteiger partial charge in [0.2, 0.25) is 5.12 Å². The highest BCUT2D eigenvalue weighted by molar-refractivity contribution is 7.96. The first-order chi connectivity index (χ1) is 12.8. The van der Waals surface area contributed by atoms with E-state index in [1.165, 1.54) is 19.1 Å². The van der Waals surface area contributed by atoms with Gasteiger partial charge in [-0.3, -0.25) is 9.59 Å². The molecular weight excluding hydrogens is 386 g/mol. The Morgan fingerprint density at radius 1 is 1.29 bits per heavy atom. The normalized spacial score (nSPS) is 55.2. The first-order valence-electron chi connectivity index (χ1n) is 9.76. The molecule has 9 atom stereocenters. The predicted molar refractivity (Wildman–Crippen MR) is 102 cm³/mol. The molecule has 2 N–H and O–H groups in total. The summed E-state index contributed by atoms with van der Waals surface area (Å²) in [5.74, 6) is -2.29. The molecule has 0 aromatic heterocycles. The largest absolute Gasteiger partial charge is 0.390 e. The van der Waals surface area contributed by atoms with E-state index in [1.54, 1.807) is 13.8 Å². The molecule has 4 rings (SSSR count). The lowest BCUT2D eigenvalue weighted by molar-refractivity contribution is -0.221. The average Bonchev–Trinajstić information content (AvgIpc) is 2.81. The summed E-state index contributed by atoms with van der Waals surface area (Å²) in [6, 6.07) is 0. The molecule has 0 heterocycles. The van der Waals surface area contributed by atoms with Crippen molar-refractivity contribution in [3.05, 3.63) is 23.8 Å². The lowest BCUT2D eigenvalue weighted by Gasteiger charge is -2.62. The Labute approximate surface area is 168 Å². The number of carbonyl (C=O) groups excluding carboxylic acids is 2. The number of hydrogen-bond donors (Lipinski definition) is 3. The van der Waals surface area contributed by atoms with E-state index in [9.17, 15) is 19.8 Å². The number of fused-ring (bicyclic) bond motifs is 5. The van der Waals surface area contributed by atoms with Crippen LogP contribution in [0.1, 0.15) is 40.0 Å². The third-order valence-electron chi connectivity index (χ3n) is 8.54. The monoisotopic (exact) mass is 412 g/mol. The smallest absolute Gasteiger partial charge is 0.218 e. The van der Waals surface area contributed by atoms with Crippen LogP contribution in [-0.2, 0) is 9.59 Å². The number of aliphatic hydroxyl groups excluding tert-OH is 1. The molecule has 0 aliphatic heterocycles. The van der Waals surface area contributed by atoms with E-state index >= 15 is 8.78 Å². The van der Waals surface area contributed by atoms with Crippen LogP contribution >= 0.6 is 12.6 Å². The summed E-state index contributed by atoms with van der Waals surface area (Å²) in [6.07, 6.45) is 0.703. The molecule has 3 saturated carbocycles. The summed E-state index contributed by atoms with van der Waals surface area (Å²) in [6.45, 7) is 4.92. The van der Waals surface area contributed by atoms with Gasteiger partial charge >= 0.3 is 0 Å². The number of hydrogen-bond acceptors (Lipinski definition) is 4. The number of rotatable bonds is 1. The van der Waals surface area contributed by atoms with Crippen LogP contribution < -0.4 is 0 Å². The molecule has 4 aliphatic rings. The van der Waals surface area contributed by atoms with Crippen LogP contribution in [0.5, 0.6) is 0 Å². The lowest BCUT2D eigenvalue weighted by Crippen LogP contribution is -2.70. The minimum atomic E-state index is -2.20. The van der Waals surface area contributed by atoms with Crippen molar-refractivity contribution in [3.8, 4) is 0 Å². The van der Waals surface area contributed by atoms with Crippen LogP contribution in [0.2, 0.25) is 0 Å². The van der Waals surface area contributed by atoms with Gasteiger partial charge in [-0.2, -0.15) is 0 Å². The summed E-state index contributed by atoms with van der Waals surface area (Å²) in [5.41, 5.74) is -6.53. The average molecular weight is 412 g/mol. The minimum absolute atomic E-state index is 0.0629. The van der Waals surface area contributed by atoms with Gasteiger partial charge in [-0.1, -0.05) is 19.9 Å². The number of aliphatic hydroxyl groups is 2. The van der Waals surface area contributed by atoms with Gasteiger partial charge in [0.25, 0.3) is 0 Å². The van der Waals surface area contributed by atoms with Crippen LogP contribution in [0.15, 0.2) is 23.8 Å². The molecule has 4 unspecified atom stereocenters. The molecule has 28 heavy (non-hydrogen) atoms. The summed E-state index contributed by atoms with van der Waals surface area (Å²) < 4.78 is 32.0. The first kappa shape index (κ1) is 20.2. The van der Waals surface area contributed by atoms with Gasteiger partial charge in [0, 0.05) is 16.7 Å². The van der Waals surface area contributed by atoms with Crippen LogP contribution in [0.3, 0.4) is 0 Å². The first-order valence-corrected chi connectivity index (χ1v) is 10.2. The number of allylic oxidation sites excluding steroid dienone is 4. The number of halogens is 2. The maximum Gasteiger partial charge on any atom is 0.218 e. The summed E-state index contributed by atoms with van der Waals surface area (Å²) in [4.78, 5) is 24.1. The molecule has 0 aromatic carbocycles. The topological polar surface area (TPSA) is 74.6 Å². The van der Waals surface area contributed by atoms with Crippen LogP contribution in [0.25, 0.3) is 0 Å². The number of ketones is 1. The lowest BCUT2D eigenvalue weighted by atomic mass is 9.44. The van der Waals surface area contributed by atoms with E-state index in [0.717, 1.165) is 6.08 Å². The maximum absolute atomic E-state index is 16.8. The molecular formula is C21H26F2O4S. The number of carbonyl (C=O) groups is 2. The van der Waals surface area contributed by atoms with Crippen molar-refractivity contribution in [2.45, 2.75) is 63.6 Å². The highest BCUT2D eigenvalue weighted by atomic mass is 32.1. The Hall–Kier alpha value is -1.05. The molecule has 7 heteroatoms. The van der Waals surface area contributed by atoms with Gasteiger partial charge in [-0.05, 0) is 55.7 Å². The quantitative estimate of drug-likeness (QED) is 0.579. The van der Waals surface area contributed by atoms with Gasteiger partial charge in [0.05, 0.1) is 6.10 Å². The van der Waals surface area contributed by atoms with Crippen molar-refractivity contribution in [3.63, 3.8) is 0 Å². The third kappa shape index (κ3) is 2.03. The third-order valence-corrected chi connectivity index (χ3v) is 8.88. The highest BCUT2D eigenvalue weighted by Crippen LogP contribution is 2.71. The van der Waals surface area contributed by atoms with Crippen LogP contribution in [0.4, 0.5) is 8.78 Å².